The number of aromatic hydroxyl groups is 2. The van der Waals surface area contributed by atoms with E-state index < -0.39 is 5.60 Å². The molecule has 1 aromatic heterocycles. The molecule has 0 aliphatic rings. The summed E-state index contributed by atoms with van der Waals surface area (Å²) in [5.74, 6) is 0.450. The van der Waals surface area contributed by atoms with Gasteiger partial charge in [0.05, 0.1) is 5.56 Å². The molecule has 2 N–H and O–H groups in total. The van der Waals surface area contributed by atoms with Gasteiger partial charge in [0, 0.05) is 13.2 Å². The Kier molecular flexibility index (Phi) is 3.44. The fourth-order valence-electron chi connectivity index (χ4n) is 1.64. The molecule has 6 heteroatoms. The van der Waals surface area contributed by atoms with Gasteiger partial charge in [-0.2, -0.15) is 4.98 Å². The SMILES string of the molecule is CCC(C)(OC)c1noc(-c2ccc(O)cc2O)n1. The summed E-state index contributed by atoms with van der Waals surface area (Å²) in [5, 5.41) is 22.9. The summed E-state index contributed by atoms with van der Waals surface area (Å²) in [4.78, 5) is 4.24. The van der Waals surface area contributed by atoms with Gasteiger partial charge in [-0.05, 0) is 25.5 Å². The van der Waals surface area contributed by atoms with Crippen molar-refractivity contribution in [3.05, 3.63) is 24.0 Å². The number of aromatic nitrogens is 2. The van der Waals surface area contributed by atoms with E-state index in [1.54, 1.807) is 7.11 Å². The van der Waals surface area contributed by atoms with Crippen LogP contribution in [0, 0.1) is 0 Å². The predicted molar refractivity (Wildman–Crippen MR) is 67.7 cm³/mol. The first-order valence-corrected chi connectivity index (χ1v) is 5.92. The van der Waals surface area contributed by atoms with E-state index in [1.165, 1.54) is 18.2 Å². The highest BCUT2D eigenvalue weighted by atomic mass is 16.5. The summed E-state index contributed by atoms with van der Waals surface area (Å²) in [6.07, 6.45) is 0.685. The number of rotatable bonds is 4. The van der Waals surface area contributed by atoms with Gasteiger partial charge in [-0.3, -0.25) is 0 Å². The third kappa shape index (κ3) is 2.39. The van der Waals surface area contributed by atoms with Crippen molar-refractivity contribution in [2.45, 2.75) is 25.9 Å². The second kappa shape index (κ2) is 4.89. The molecule has 19 heavy (non-hydrogen) atoms. The molecular weight excluding hydrogens is 248 g/mol. The molecule has 102 valence electrons. The third-order valence-electron chi connectivity index (χ3n) is 3.24. The van der Waals surface area contributed by atoms with E-state index >= 15 is 0 Å². The van der Waals surface area contributed by atoms with Crippen LogP contribution in [0.1, 0.15) is 26.1 Å². The van der Waals surface area contributed by atoms with Crippen molar-refractivity contribution in [3.8, 4) is 23.0 Å². The number of benzene rings is 1. The zero-order chi connectivity index (χ0) is 14.0. The van der Waals surface area contributed by atoms with Gasteiger partial charge in [-0.1, -0.05) is 12.1 Å². The van der Waals surface area contributed by atoms with Gasteiger partial charge in [0.2, 0.25) is 5.82 Å². The number of hydrogen-bond acceptors (Lipinski definition) is 6. The molecule has 0 spiro atoms. The number of methoxy groups -OCH3 is 1. The standard InChI is InChI=1S/C13H16N2O4/c1-4-13(2,18-3)12-14-11(19-15-12)9-6-5-8(16)7-10(9)17/h5-7,16-17H,4H2,1-3H3. The topological polar surface area (TPSA) is 88.6 Å². The lowest BCUT2D eigenvalue weighted by Crippen LogP contribution is -2.24. The Morgan fingerprint density at radius 2 is 2.11 bits per heavy atom. The number of nitrogens with zero attached hydrogens (tertiary/aromatic N) is 2. The van der Waals surface area contributed by atoms with E-state index in [4.69, 9.17) is 9.26 Å². The molecule has 1 atom stereocenters. The lowest BCUT2D eigenvalue weighted by Gasteiger charge is -2.21. The molecule has 0 saturated carbocycles. The summed E-state index contributed by atoms with van der Waals surface area (Å²) >= 11 is 0. The Hall–Kier alpha value is -2.08. The molecule has 6 nitrogen and oxygen atoms in total. The average Bonchev–Trinajstić information content (AvgIpc) is 2.88. The van der Waals surface area contributed by atoms with Crippen molar-refractivity contribution in [1.29, 1.82) is 0 Å². The molecule has 0 aliphatic heterocycles. The summed E-state index contributed by atoms with van der Waals surface area (Å²) in [5.41, 5.74) is -0.264. The van der Waals surface area contributed by atoms with E-state index in [2.05, 4.69) is 10.1 Å². The van der Waals surface area contributed by atoms with Gasteiger partial charge in [0.1, 0.15) is 17.1 Å². The van der Waals surface area contributed by atoms with Crippen molar-refractivity contribution in [2.75, 3.05) is 7.11 Å². The molecule has 0 amide bonds. The predicted octanol–water partition coefficient (Wildman–Crippen LogP) is 2.42. The minimum Gasteiger partial charge on any atom is -0.508 e. The van der Waals surface area contributed by atoms with Crippen molar-refractivity contribution >= 4 is 0 Å². The van der Waals surface area contributed by atoms with Gasteiger partial charge in [-0.25, -0.2) is 0 Å². The van der Waals surface area contributed by atoms with Crippen LogP contribution in [0.2, 0.25) is 0 Å². The summed E-state index contributed by atoms with van der Waals surface area (Å²) in [7, 11) is 1.58. The molecule has 0 aliphatic carbocycles. The Morgan fingerprint density at radius 1 is 1.37 bits per heavy atom. The largest absolute Gasteiger partial charge is 0.508 e. The number of hydrogen-bond donors (Lipinski definition) is 2. The highest BCUT2D eigenvalue weighted by molar-refractivity contribution is 5.63. The molecule has 2 rings (SSSR count). The van der Waals surface area contributed by atoms with Crippen LogP contribution in [0.4, 0.5) is 0 Å². The minimum absolute atomic E-state index is 0.0312. The van der Waals surface area contributed by atoms with Crippen LogP contribution in [0.25, 0.3) is 11.5 Å². The molecule has 0 radical (unpaired) electrons. The quantitative estimate of drug-likeness (QED) is 0.881. The lowest BCUT2D eigenvalue weighted by atomic mass is 10.0. The Balaban J connectivity index is 2.41. The number of ether oxygens (including phenoxy) is 1. The molecule has 1 unspecified atom stereocenters. The van der Waals surface area contributed by atoms with E-state index in [9.17, 15) is 10.2 Å². The summed E-state index contributed by atoms with van der Waals surface area (Å²) in [6, 6.07) is 4.17. The molecule has 1 aromatic carbocycles. The number of phenolic OH excluding ortho intramolecular Hbond substituents is 2. The monoisotopic (exact) mass is 264 g/mol. The van der Waals surface area contributed by atoms with E-state index in [0.717, 1.165) is 0 Å². The molecule has 2 aromatic rings. The molecule has 0 saturated heterocycles. The maximum absolute atomic E-state index is 9.75. The van der Waals surface area contributed by atoms with Crippen LogP contribution in [-0.2, 0) is 10.3 Å². The molecule has 0 fully saturated rings. The van der Waals surface area contributed by atoms with E-state index in [0.29, 0.717) is 17.8 Å². The van der Waals surface area contributed by atoms with Crippen molar-refractivity contribution < 1.29 is 19.5 Å². The lowest BCUT2D eigenvalue weighted by molar-refractivity contribution is -0.0106. The van der Waals surface area contributed by atoms with Crippen molar-refractivity contribution in [2.24, 2.45) is 0 Å². The van der Waals surface area contributed by atoms with Gasteiger partial charge in [-0.15, -0.1) is 0 Å². The third-order valence-corrected chi connectivity index (χ3v) is 3.24. The highest BCUT2D eigenvalue weighted by Crippen LogP contribution is 2.33. The fourth-order valence-corrected chi connectivity index (χ4v) is 1.64. The smallest absolute Gasteiger partial charge is 0.261 e. The van der Waals surface area contributed by atoms with Crippen molar-refractivity contribution in [3.63, 3.8) is 0 Å². The second-order valence-electron chi connectivity index (χ2n) is 4.41. The first-order valence-electron chi connectivity index (χ1n) is 5.92. The van der Waals surface area contributed by atoms with Gasteiger partial charge < -0.3 is 19.5 Å². The maximum Gasteiger partial charge on any atom is 0.261 e. The van der Waals surface area contributed by atoms with Gasteiger partial charge in [0.25, 0.3) is 5.89 Å². The molecule has 0 bridgehead atoms. The van der Waals surface area contributed by atoms with Crippen LogP contribution in [-0.4, -0.2) is 27.5 Å². The van der Waals surface area contributed by atoms with Crippen LogP contribution < -0.4 is 0 Å². The minimum atomic E-state index is -0.631. The van der Waals surface area contributed by atoms with E-state index in [1.807, 2.05) is 13.8 Å². The summed E-state index contributed by atoms with van der Waals surface area (Å²) in [6.45, 7) is 3.82. The van der Waals surface area contributed by atoms with Crippen LogP contribution >= 0.6 is 0 Å². The Labute approximate surface area is 110 Å². The average molecular weight is 264 g/mol. The zero-order valence-corrected chi connectivity index (χ0v) is 11.0. The summed E-state index contributed by atoms with van der Waals surface area (Å²) < 4.78 is 10.5. The van der Waals surface area contributed by atoms with Gasteiger partial charge >= 0.3 is 0 Å². The first kappa shape index (κ1) is 13.4. The molecule has 1 heterocycles. The van der Waals surface area contributed by atoms with Crippen LogP contribution in [0.15, 0.2) is 22.7 Å². The number of phenols is 2. The van der Waals surface area contributed by atoms with Gasteiger partial charge in [0.15, 0.2) is 0 Å². The normalized spacial score (nSPS) is 14.3. The Morgan fingerprint density at radius 3 is 2.68 bits per heavy atom. The van der Waals surface area contributed by atoms with E-state index in [-0.39, 0.29) is 17.4 Å². The first-order chi connectivity index (χ1) is 9.00. The zero-order valence-electron chi connectivity index (χ0n) is 11.0. The van der Waals surface area contributed by atoms with Crippen LogP contribution in [0.5, 0.6) is 11.5 Å². The Bertz CT molecular complexity index is 576. The van der Waals surface area contributed by atoms with Crippen molar-refractivity contribution in [1.82, 2.24) is 10.1 Å². The second-order valence-corrected chi connectivity index (χ2v) is 4.41. The highest BCUT2D eigenvalue weighted by Gasteiger charge is 2.30. The maximum atomic E-state index is 9.75. The van der Waals surface area contributed by atoms with Crippen LogP contribution in [0.3, 0.4) is 0 Å². The molecular formula is C13H16N2O4. The fraction of sp³-hybridized carbons (Fsp3) is 0.385.